The van der Waals surface area contributed by atoms with E-state index in [2.05, 4.69) is 20.1 Å². The molecule has 0 aliphatic heterocycles. The summed E-state index contributed by atoms with van der Waals surface area (Å²) in [6.07, 6.45) is 1.14. The molecule has 20 heavy (non-hydrogen) atoms. The van der Waals surface area contributed by atoms with Gasteiger partial charge in [0.2, 0.25) is 16.0 Å². The zero-order valence-corrected chi connectivity index (χ0v) is 12.8. The molecule has 0 amide bonds. The standard InChI is InChI=1S/C12H19N5O2S/c1-9-6-5-7-10-14-11(15-17(9)10)13-8-12(2,3)16-20(4,18)19/h5-7,16H,8H2,1-4H3,(H,13,15). The van der Waals surface area contributed by atoms with Gasteiger partial charge in [-0.3, -0.25) is 0 Å². The van der Waals surface area contributed by atoms with Crippen LogP contribution < -0.4 is 10.0 Å². The molecule has 0 aromatic carbocycles. The molecule has 8 heteroatoms. The first-order valence-corrected chi connectivity index (χ1v) is 8.11. The van der Waals surface area contributed by atoms with Gasteiger partial charge in [0.05, 0.1) is 6.26 Å². The second-order valence-corrected chi connectivity index (χ2v) is 7.23. The van der Waals surface area contributed by atoms with E-state index in [-0.39, 0.29) is 0 Å². The minimum absolute atomic E-state index is 0.385. The van der Waals surface area contributed by atoms with E-state index in [4.69, 9.17) is 0 Å². The van der Waals surface area contributed by atoms with Crippen molar-refractivity contribution >= 4 is 21.6 Å². The number of rotatable bonds is 5. The maximum atomic E-state index is 11.3. The zero-order valence-electron chi connectivity index (χ0n) is 12.0. The average Bonchev–Trinajstić information content (AvgIpc) is 2.68. The summed E-state index contributed by atoms with van der Waals surface area (Å²) in [5.74, 6) is 0.475. The van der Waals surface area contributed by atoms with Gasteiger partial charge < -0.3 is 5.32 Å². The lowest BCUT2D eigenvalue weighted by Crippen LogP contribution is -2.47. The summed E-state index contributed by atoms with van der Waals surface area (Å²) >= 11 is 0. The van der Waals surface area contributed by atoms with Gasteiger partial charge >= 0.3 is 0 Å². The van der Waals surface area contributed by atoms with Crippen LogP contribution in [0.3, 0.4) is 0 Å². The average molecular weight is 297 g/mol. The van der Waals surface area contributed by atoms with Crippen LogP contribution in [0.1, 0.15) is 19.5 Å². The molecule has 0 aliphatic rings. The molecule has 0 radical (unpaired) electrons. The minimum Gasteiger partial charge on any atom is -0.351 e. The van der Waals surface area contributed by atoms with Crippen LogP contribution in [0.4, 0.5) is 5.95 Å². The molecule has 2 aromatic rings. The van der Waals surface area contributed by atoms with Crippen LogP contribution >= 0.6 is 0 Å². The Morgan fingerprint density at radius 3 is 2.65 bits per heavy atom. The van der Waals surface area contributed by atoms with Gasteiger partial charge in [0.1, 0.15) is 0 Å². The monoisotopic (exact) mass is 297 g/mol. The van der Waals surface area contributed by atoms with Crippen molar-refractivity contribution in [2.45, 2.75) is 26.3 Å². The van der Waals surface area contributed by atoms with Crippen LogP contribution in [0.5, 0.6) is 0 Å². The smallest absolute Gasteiger partial charge is 0.243 e. The summed E-state index contributed by atoms with van der Waals surface area (Å²) in [7, 11) is -3.25. The number of anilines is 1. The Balaban J connectivity index is 2.11. The fraction of sp³-hybridized carbons (Fsp3) is 0.500. The number of aromatic nitrogens is 3. The molecule has 2 aromatic heterocycles. The van der Waals surface area contributed by atoms with Gasteiger partial charge in [0.15, 0.2) is 5.65 Å². The normalized spacial score (nSPS) is 12.8. The summed E-state index contributed by atoms with van der Waals surface area (Å²) in [4.78, 5) is 4.34. The molecule has 2 heterocycles. The van der Waals surface area contributed by atoms with Crippen LogP contribution in [0.15, 0.2) is 18.2 Å². The van der Waals surface area contributed by atoms with Crippen LogP contribution in [0.25, 0.3) is 5.65 Å². The minimum atomic E-state index is -3.25. The first-order chi connectivity index (χ1) is 9.16. The number of nitrogens with one attached hydrogen (secondary N) is 2. The second kappa shape index (κ2) is 5.02. The number of nitrogens with zero attached hydrogens (tertiary/aromatic N) is 3. The number of hydrogen-bond acceptors (Lipinski definition) is 5. The van der Waals surface area contributed by atoms with Crippen molar-refractivity contribution in [2.24, 2.45) is 0 Å². The quantitative estimate of drug-likeness (QED) is 0.851. The zero-order chi connectivity index (χ0) is 15.0. The summed E-state index contributed by atoms with van der Waals surface area (Å²) in [6, 6.07) is 5.73. The number of pyridine rings is 1. The second-order valence-electron chi connectivity index (χ2n) is 5.48. The van der Waals surface area contributed by atoms with Gasteiger partial charge in [-0.2, -0.15) is 4.98 Å². The Kier molecular flexibility index (Phi) is 3.70. The van der Waals surface area contributed by atoms with Crippen LogP contribution in [-0.2, 0) is 10.0 Å². The highest BCUT2D eigenvalue weighted by Crippen LogP contribution is 2.10. The third kappa shape index (κ3) is 3.67. The van der Waals surface area contributed by atoms with Crippen LogP contribution in [-0.4, -0.2) is 41.4 Å². The van der Waals surface area contributed by atoms with Crippen molar-refractivity contribution in [1.29, 1.82) is 0 Å². The van der Waals surface area contributed by atoms with E-state index < -0.39 is 15.6 Å². The number of fused-ring (bicyclic) bond motifs is 1. The van der Waals surface area contributed by atoms with Crippen molar-refractivity contribution in [1.82, 2.24) is 19.3 Å². The Bertz CT molecular complexity index is 721. The van der Waals surface area contributed by atoms with Crippen molar-refractivity contribution in [2.75, 3.05) is 18.1 Å². The third-order valence-electron chi connectivity index (χ3n) is 2.70. The molecule has 0 aliphatic carbocycles. The van der Waals surface area contributed by atoms with E-state index >= 15 is 0 Å². The lowest BCUT2D eigenvalue weighted by atomic mass is 10.1. The SMILES string of the molecule is Cc1cccc2nc(NCC(C)(C)NS(C)(=O)=O)nn12. The fourth-order valence-corrected chi connectivity index (χ4v) is 3.02. The van der Waals surface area contributed by atoms with E-state index in [1.807, 2.05) is 25.1 Å². The molecule has 0 atom stereocenters. The van der Waals surface area contributed by atoms with E-state index in [1.165, 1.54) is 0 Å². The maximum absolute atomic E-state index is 11.3. The summed E-state index contributed by atoms with van der Waals surface area (Å²) in [5.41, 5.74) is 1.11. The lowest BCUT2D eigenvalue weighted by Gasteiger charge is -2.24. The van der Waals surface area contributed by atoms with Gasteiger partial charge in [-0.25, -0.2) is 17.7 Å². The van der Waals surface area contributed by atoms with Crippen LogP contribution in [0, 0.1) is 6.92 Å². The molecule has 7 nitrogen and oxygen atoms in total. The molecule has 0 saturated heterocycles. The molecule has 110 valence electrons. The Morgan fingerprint density at radius 2 is 2.05 bits per heavy atom. The van der Waals surface area contributed by atoms with Crippen molar-refractivity contribution < 1.29 is 8.42 Å². The Morgan fingerprint density at radius 1 is 1.35 bits per heavy atom. The van der Waals surface area contributed by atoms with Crippen molar-refractivity contribution in [3.63, 3.8) is 0 Å². The largest absolute Gasteiger partial charge is 0.351 e. The topological polar surface area (TPSA) is 88.4 Å². The fourth-order valence-electron chi connectivity index (χ4n) is 1.95. The van der Waals surface area contributed by atoms with Gasteiger partial charge in [0, 0.05) is 17.8 Å². The highest BCUT2D eigenvalue weighted by Gasteiger charge is 2.22. The molecule has 0 unspecified atom stereocenters. The molecule has 0 saturated carbocycles. The summed E-state index contributed by atoms with van der Waals surface area (Å²) in [6.45, 7) is 5.92. The molecule has 0 spiro atoms. The highest BCUT2D eigenvalue weighted by atomic mass is 32.2. The molecule has 2 rings (SSSR count). The molecule has 0 bridgehead atoms. The van der Waals surface area contributed by atoms with E-state index in [9.17, 15) is 8.42 Å². The number of aryl methyl sites for hydroxylation is 1. The van der Waals surface area contributed by atoms with Gasteiger partial charge in [-0.15, -0.1) is 5.10 Å². The van der Waals surface area contributed by atoms with E-state index in [0.717, 1.165) is 17.6 Å². The van der Waals surface area contributed by atoms with Crippen LogP contribution in [0.2, 0.25) is 0 Å². The molecule has 0 fully saturated rings. The van der Waals surface area contributed by atoms with Crippen molar-refractivity contribution in [3.05, 3.63) is 23.9 Å². The Hall–Kier alpha value is -1.67. The molecular formula is C12H19N5O2S. The molecular weight excluding hydrogens is 278 g/mol. The number of hydrogen-bond donors (Lipinski definition) is 2. The van der Waals surface area contributed by atoms with Gasteiger partial charge in [-0.05, 0) is 32.9 Å². The predicted octanol–water partition coefficient (Wildman–Crippen LogP) is 0.777. The lowest BCUT2D eigenvalue weighted by molar-refractivity contribution is 0.475. The first kappa shape index (κ1) is 14.7. The van der Waals surface area contributed by atoms with Crippen molar-refractivity contribution in [3.8, 4) is 0 Å². The summed E-state index contributed by atoms with van der Waals surface area (Å²) in [5, 5.41) is 7.38. The third-order valence-corrected chi connectivity index (χ3v) is 3.62. The van der Waals surface area contributed by atoms with E-state index in [0.29, 0.717) is 12.5 Å². The Labute approximate surface area is 118 Å². The predicted molar refractivity (Wildman–Crippen MR) is 78.3 cm³/mol. The first-order valence-electron chi connectivity index (χ1n) is 6.21. The van der Waals surface area contributed by atoms with E-state index in [1.54, 1.807) is 18.4 Å². The summed E-state index contributed by atoms with van der Waals surface area (Å²) < 4.78 is 26.8. The van der Waals surface area contributed by atoms with Gasteiger partial charge in [0.25, 0.3) is 0 Å². The highest BCUT2D eigenvalue weighted by molar-refractivity contribution is 7.88. The van der Waals surface area contributed by atoms with Gasteiger partial charge in [-0.1, -0.05) is 6.07 Å². The number of sulfonamides is 1. The molecule has 2 N–H and O–H groups in total. The maximum Gasteiger partial charge on any atom is 0.243 e.